The highest BCUT2D eigenvalue weighted by Gasteiger charge is 2.13. The minimum absolute atomic E-state index is 0.467. The standard InChI is InChI=1S/C23H31N/c1-5-8-20-13-14-21(17-20)12-11-19-9-7-10-22(16-15-19)23(6-2)24-18(3)4/h6,9,14-18,22,24H,5,7-8,10,13H2,1-4H3/b23-6-. The number of hydrogen-bond acceptors (Lipinski definition) is 1. The minimum atomic E-state index is 0.467. The SMILES string of the molecule is C/C=C(\NC(C)C)C1C=CC(C#CC2=CCC(CCC)=C2)=CCC1. The van der Waals surface area contributed by atoms with Crippen molar-refractivity contribution in [2.45, 2.75) is 65.8 Å². The molecule has 128 valence electrons. The molecule has 0 saturated carbocycles. The van der Waals surface area contributed by atoms with E-state index in [1.165, 1.54) is 29.7 Å². The Balaban J connectivity index is 2.01. The highest BCUT2D eigenvalue weighted by Crippen LogP contribution is 2.23. The molecule has 0 aromatic heterocycles. The van der Waals surface area contributed by atoms with Gasteiger partial charge in [0.1, 0.15) is 0 Å². The Labute approximate surface area is 148 Å². The zero-order valence-corrected chi connectivity index (χ0v) is 15.7. The van der Waals surface area contributed by atoms with Crippen LogP contribution in [0.15, 0.2) is 58.9 Å². The maximum atomic E-state index is 3.57. The van der Waals surface area contributed by atoms with E-state index in [9.17, 15) is 0 Å². The van der Waals surface area contributed by atoms with Crippen LogP contribution in [0, 0.1) is 17.8 Å². The minimum Gasteiger partial charge on any atom is -0.386 e. The molecule has 0 bridgehead atoms. The first-order valence-corrected chi connectivity index (χ1v) is 9.35. The third-order valence-electron chi connectivity index (χ3n) is 4.38. The fraction of sp³-hybridized carbons (Fsp3) is 0.478. The molecule has 0 spiro atoms. The van der Waals surface area contributed by atoms with Crippen molar-refractivity contribution in [1.29, 1.82) is 0 Å². The van der Waals surface area contributed by atoms with Gasteiger partial charge in [-0.15, -0.1) is 0 Å². The topological polar surface area (TPSA) is 12.0 Å². The van der Waals surface area contributed by atoms with E-state index in [1.54, 1.807) is 0 Å². The second kappa shape index (κ2) is 9.38. The lowest BCUT2D eigenvalue weighted by molar-refractivity contribution is 0.569. The summed E-state index contributed by atoms with van der Waals surface area (Å²) < 4.78 is 0. The van der Waals surface area contributed by atoms with E-state index >= 15 is 0 Å². The number of nitrogens with one attached hydrogen (secondary N) is 1. The predicted octanol–water partition coefficient (Wildman–Crippen LogP) is 5.84. The van der Waals surface area contributed by atoms with Crippen LogP contribution in [0.3, 0.4) is 0 Å². The molecule has 24 heavy (non-hydrogen) atoms. The Hall–Kier alpha value is -1.94. The smallest absolute Gasteiger partial charge is 0.0212 e. The van der Waals surface area contributed by atoms with Crippen LogP contribution in [0.4, 0.5) is 0 Å². The summed E-state index contributed by atoms with van der Waals surface area (Å²) in [6.07, 6.45) is 19.2. The molecule has 0 radical (unpaired) electrons. The summed E-state index contributed by atoms with van der Waals surface area (Å²) in [5.41, 5.74) is 5.18. The average Bonchev–Trinajstić information content (AvgIpc) is 2.87. The number of allylic oxidation sites excluding steroid dienone is 9. The van der Waals surface area contributed by atoms with Gasteiger partial charge in [-0.05, 0) is 52.5 Å². The lowest BCUT2D eigenvalue weighted by Crippen LogP contribution is -2.26. The van der Waals surface area contributed by atoms with Crippen LogP contribution in [0.25, 0.3) is 0 Å². The van der Waals surface area contributed by atoms with Gasteiger partial charge in [-0.3, -0.25) is 0 Å². The van der Waals surface area contributed by atoms with E-state index < -0.39 is 0 Å². The van der Waals surface area contributed by atoms with Gasteiger partial charge in [0.2, 0.25) is 0 Å². The quantitative estimate of drug-likeness (QED) is 0.627. The molecule has 1 atom stereocenters. The highest BCUT2D eigenvalue weighted by molar-refractivity contribution is 5.51. The Morgan fingerprint density at radius 1 is 1.29 bits per heavy atom. The van der Waals surface area contributed by atoms with Crippen molar-refractivity contribution in [2.75, 3.05) is 0 Å². The van der Waals surface area contributed by atoms with Gasteiger partial charge < -0.3 is 5.32 Å². The van der Waals surface area contributed by atoms with Crippen molar-refractivity contribution in [1.82, 2.24) is 5.32 Å². The van der Waals surface area contributed by atoms with Crippen molar-refractivity contribution in [3.8, 4) is 11.8 Å². The number of hydrogen-bond donors (Lipinski definition) is 1. The molecule has 2 rings (SSSR count). The van der Waals surface area contributed by atoms with Gasteiger partial charge in [0.25, 0.3) is 0 Å². The Morgan fingerprint density at radius 3 is 2.79 bits per heavy atom. The third kappa shape index (κ3) is 5.60. The lowest BCUT2D eigenvalue weighted by Gasteiger charge is -2.20. The molecule has 0 aliphatic heterocycles. The molecule has 1 heteroatoms. The molecule has 0 aromatic carbocycles. The molecule has 0 saturated heterocycles. The summed E-state index contributed by atoms with van der Waals surface area (Å²) >= 11 is 0. The van der Waals surface area contributed by atoms with Crippen LogP contribution >= 0.6 is 0 Å². The Morgan fingerprint density at radius 2 is 2.08 bits per heavy atom. The first kappa shape index (κ1) is 18.4. The summed E-state index contributed by atoms with van der Waals surface area (Å²) in [7, 11) is 0. The fourth-order valence-corrected chi connectivity index (χ4v) is 3.20. The zero-order valence-electron chi connectivity index (χ0n) is 15.7. The second-order valence-electron chi connectivity index (χ2n) is 6.91. The van der Waals surface area contributed by atoms with E-state index in [0.717, 1.165) is 24.8 Å². The predicted molar refractivity (Wildman–Crippen MR) is 105 cm³/mol. The van der Waals surface area contributed by atoms with Crippen LogP contribution in [-0.4, -0.2) is 6.04 Å². The summed E-state index contributed by atoms with van der Waals surface area (Å²) in [6.45, 7) is 8.73. The van der Waals surface area contributed by atoms with Gasteiger partial charge in [0.15, 0.2) is 0 Å². The molecular weight excluding hydrogens is 290 g/mol. The van der Waals surface area contributed by atoms with Crippen molar-refractivity contribution in [3.63, 3.8) is 0 Å². The van der Waals surface area contributed by atoms with Crippen molar-refractivity contribution in [3.05, 3.63) is 58.9 Å². The third-order valence-corrected chi connectivity index (χ3v) is 4.38. The van der Waals surface area contributed by atoms with E-state index in [2.05, 4.69) is 81.3 Å². The van der Waals surface area contributed by atoms with Crippen LogP contribution in [-0.2, 0) is 0 Å². The van der Waals surface area contributed by atoms with E-state index in [-0.39, 0.29) is 0 Å². The summed E-state index contributed by atoms with van der Waals surface area (Å²) in [5.74, 6) is 7.17. The van der Waals surface area contributed by atoms with Gasteiger partial charge in [0, 0.05) is 28.8 Å². The van der Waals surface area contributed by atoms with Gasteiger partial charge in [0.05, 0.1) is 0 Å². The summed E-state index contributed by atoms with van der Waals surface area (Å²) in [5, 5.41) is 3.57. The van der Waals surface area contributed by atoms with Crippen LogP contribution in [0.2, 0.25) is 0 Å². The molecule has 2 aliphatic carbocycles. The summed E-state index contributed by atoms with van der Waals surface area (Å²) in [4.78, 5) is 0. The number of rotatable bonds is 5. The molecule has 1 nitrogen and oxygen atoms in total. The van der Waals surface area contributed by atoms with E-state index in [1.807, 2.05) is 0 Å². The van der Waals surface area contributed by atoms with Crippen molar-refractivity contribution in [2.24, 2.45) is 5.92 Å². The second-order valence-corrected chi connectivity index (χ2v) is 6.91. The Bertz CT molecular complexity index is 641. The van der Waals surface area contributed by atoms with Crippen molar-refractivity contribution >= 4 is 0 Å². The Kier molecular flexibility index (Phi) is 7.19. The molecule has 2 aliphatic rings. The largest absolute Gasteiger partial charge is 0.386 e. The molecule has 0 amide bonds. The van der Waals surface area contributed by atoms with Gasteiger partial charge >= 0.3 is 0 Å². The van der Waals surface area contributed by atoms with Gasteiger partial charge in [-0.25, -0.2) is 0 Å². The lowest BCUT2D eigenvalue weighted by atomic mass is 9.99. The molecule has 0 heterocycles. The zero-order chi connectivity index (χ0) is 17.4. The van der Waals surface area contributed by atoms with Gasteiger partial charge in [-0.2, -0.15) is 0 Å². The fourth-order valence-electron chi connectivity index (χ4n) is 3.20. The van der Waals surface area contributed by atoms with Crippen LogP contribution in [0.1, 0.15) is 59.8 Å². The monoisotopic (exact) mass is 321 g/mol. The van der Waals surface area contributed by atoms with Crippen LogP contribution in [0.5, 0.6) is 0 Å². The molecule has 0 fully saturated rings. The van der Waals surface area contributed by atoms with Crippen LogP contribution < -0.4 is 5.32 Å². The molecule has 1 N–H and O–H groups in total. The van der Waals surface area contributed by atoms with Crippen molar-refractivity contribution < 1.29 is 0 Å². The maximum Gasteiger partial charge on any atom is 0.0212 e. The summed E-state index contributed by atoms with van der Waals surface area (Å²) in [6, 6.07) is 0.471. The maximum absolute atomic E-state index is 3.57. The first-order valence-electron chi connectivity index (χ1n) is 9.35. The first-order chi connectivity index (χ1) is 11.6. The van der Waals surface area contributed by atoms with E-state index in [4.69, 9.17) is 0 Å². The van der Waals surface area contributed by atoms with E-state index in [0.29, 0.717) is 12.0 Å². The molecule has 1 unspecified atom stereocenters. The van der Waals surface area contributed by atoms with Gasteiger partial charge in [-0.1, -0.05) is 61.1 Å². The average molecular weight is 322 g/mol. The highest BCUT2D eigenvalue weighted by atomic mass is 14.9. The molecular formula is C23H31N. The molecule has 0 aromatic rings. The normalized spacial score (nSPS) is 20.8.